The summed E-state index contributed by atoms with van der Waals surface area (Å²) in [6.07, 6.45) is 1.59. The molecule has 5 heteroatoms. The van der Waals surface area contributed by atoms with Gasteiger partial charge in [0.05, 0.1) is 18.3 Å². The maximum Gasteiger partial charge on any atom is 0.262 e. The van der Waals surface area contributed by atoms with Gasteiger partial charge in [0.1, 0.15) is 17.2 Å². The molecule has 0 aliphatic heterocycles. The first-order valence-electron chi connectivity index (χ1n) is 6.37. The fraction of sp³-hybridized carbons (Fsp3) is 0.200. The Morgan fingerprint density at radius 2 is 2.15 bits per heavy atom. The van der Waals surface area contributed by atoms with Gasteiger partial charge in [-0.15, -0.1) is 11.3 Å². The van der Waals surface area contributed by atoms with Crippen molar-refractivity contribution in [3.05, 3.63) is 58.0 Å². The molecule has 0 spiro atoms. The molecule has 2 heterocycles. The Balaban J connectivity index is 1.73. The summed E-state index contributed by atoms with van der Waals surface area (Å²) in [5, 5.41) is 2.56. The molecule has 0 bridgehead atoms. The summed E-state index contributed by atoms with van der Waals surface area (Å²) in [5.74, 6) is 0.852. The second-order valence-electron chi connectivity index (χ2n) is 4.50. The molecular formula is C15H14N2O2S. The highest BCUT2D eigenvalue weighted by molar-refractivity contribution is 7.16. The Bertz CT molecular complexity index is 792. The van der Waals surface area contributed by atoms with Gasteiger partial charge in [-0.05, 0) is 30.0 Å². The van der Waals surface area contributed by atoms with Crippen molar-refractivity contribution >= 4 is 21.6 Å². The molecule has 0 atom stereocenters. The van der Waals surface area contributed by atoms with Crippen molar-refractivity contribution in [2.45, 2.75) is 13.5 Å². The average molecular weight is 286 g/mol. The maximum absolute atomic E-state index is 12.2. The van der Waals surface area contributed by atoms with Crippen LogP contribution in [0.1, 0.15) is 5.56 Å². The topological polar surface area (TPSA) is 44.1 Å². The number of aromatic nitrogens is 2. The van der Waals surface area contributed by atoms with Gasteiger partial charge >= 0.3 is 0 Å². The monoisotopic (exact) mass is 286 g/mol. The summed E-state index contributed by atoms with van der Waals surface area (Å²) in [6.45, 7) is 2.94. The van der Waals surface area contributed by atoms with Crippen LogP contribution in [0.15, 0.2) is 46.8 Å². The Morgan fingerprint density at radius 1 is 1.30 bits per heavy atom. The minimum Gasteiger partial charge on any atom is -0.491 e. The summed E-state index contributed by atoms with van der Waals surface area (Å²) in [6, 6.07) is 9.65. The lowest BCUT2D eigenvalue weighted by Gasteiger charge is -2.09. The lowest BCUT2D eigenvalue weighted by atomic mass is 10.2. The quantitative estimate of drug-likeness (QED) is 0.741. The summed E-state index contributed by atoms with van der Waals surface area (Å²) < 4.78 is 7.29. The molecule has 0 fully saturated rings. The van der Waals surface area contributed by atoms with Gasteiger partial charge in [-0.3, -0.25) is 9.36 Å². The molecular weight excluding hydrogens is 272 g/mol. The third kappa shape index (κ3) is 2.44. The summed E-state index contributed by atoms with van der Waals surface area (Å²) in [5.41, 5.74) is 1.08. The normalized spacial score (nSPS) is 10.8. The van der Waals surface area contributed by atoms with Crippen LogP contribution in [0.3, 0.4) is 0 Å². The van der Waals surface area contributed by atoms with Crippen molar-refractivity contribution in [3.8, 4) is 5.75 Å². The van der Waals surface area contributed by atoms with Crippen molar-refractivity contribution in [2.75, 3.05) is 6.61 Å². The smallest absolute Gasteiger partial charge is 0.262 e. The predicted molar refractivity (Wildman–Crippen MR) is 80.6 cm³/mol. The van der Waals surface area contributed by atoms with E-state index in [0.29, 0.717) is 18.5 Å². The van der Waals surface area contributed by atoms with E-state index in [1.165, 1.54) is 11.3 Å². The summed E-state index contributed by atoms with van der Waals surface area (Å²) in [4.78, 5) is 17.2. The van der Waals surface area contributed by atoms with Crippen molar-refractivity contribution in [2.24, 2.45) is 0 Å². The SMILES string of the molecule is Cc1ccccc1OCCn1cnc2sccc2c1=O. The van der Waals surface area contributed by atoms with Crippen LogP contribution in [-0.2, 0) is 6.54 Å². The number of aryl methyl sites for hydroxylation is 1. The molecule has 0 aliphatic carbocycles. The zero-order valence-corrected chi connectivity index (χ0v) is 11.9. The first kappa shape index (κ1) is 12.9. The molecule has 20 heavy (non-hydrogen) atoms. The Labute approximate surface area is 120 Å². The van der Waals surface area contributed by atoms with Crippen molar-refractivity contribution < 1.29 is 4.74 Å². The Morgan fingerprint density at radius 3 is 3.00 bits per heavy atom. The molecule has 4 nitrogen and oxygen atoms in total. The third-order valence-corrected chi connectivity index (χ3v) is 3.95. The lowest BCUT2D eigenvalue weighted by Crippen LogP contribution is -2.23. The molecule has 0 saturated heterocycles. The van der Waals surface area contributed by atoms with Crippen molar-refractivity contribution in [1.29, 1.82) is 0 Å². The second kappa shape index (κ2) is 5.46. The van der Waals surface area contributed by atoms with Gasteiger partial charge < -0.3 is 4.74 Å². The van der Waals surface area contributed by atoms with E-state index >= 15 is 0 Å². The van der Waals surface area contributed by atoms with Crippen LogP contribution in [-0.4, -0.2) is 16.2 Å². The first-order valence-corrected chi connectivity index (χ1v) is 7.25. The van der Waals surface area contributed by atoms with Crippen LogP contribution in [0.25, 0.3) is 10.2 Å². The standard InChI is InChI=1S/C15H14N2O2S/c1-11-4-2-3-5-13(11)19-8-7-17-10-16-14-12(15(17)18)6-9-20-14/h2-6,9-10H,7-8H2,1H3. The maximum atomic E-state index is 12.2. The molecule has 3 rings (SSSR count). The third-order valence-electron chi connectivity index (χ3n) is 3.13. The van der Waals surface area contributed by atoms with E-state index in [1.54, 1.807) is 10.9 Å². The highest BCUT2D eigenvalue weighted by atomic mass is 32.1. The van der Waals surface area contributed by atoms with E-state index in [2.05, 4.69) is 4.98 Å². The van der Waals surface area contributed by atoms with E-state index < -0.39 is 0 Å². The van der Waals surface area contributed by atoms with Gasteiger partial charge in [0.25, 0.3) is 5.56 Å². The van der Waals surface area contributed by atoms with Crippen LogP contribution in [0.2, 0.25) is 0 Å². The van der Waals surface area contributed by atoms with Crippen LogP contribution in [0.5, 0.6) is 5.75 Å². The van der Waals surface area contributed by atoms with Gasteiger partial charge in [-0.2, -0.15) is 0 Å². The Kier molecular flexibility index (Phi) is 3.52. The van der Waals surface area contributed by atoms with Gasteiger partial charge in [0.2, 0.25) is 0 Å². The molecule has 3 aromatic rings. The number of ether oxygens (including phenoxy) is 1. The first-order chi connectivity index (χ1) is 9.75. The summed E-state index contributed by atoms with van der Waals surface area (Å²) in [7, 11) is 0. The van der Waals surface area contributed by atoms with Crippen molar-refractivity contribution in [3.63, 3.8) is 0 Å². The number of rotatable bonds is 4. The molecule has 0 amide bonds. The molecule has 1 aromatic carbocycles. The largest absolute Gasteiger partial charge is 0.491 e. The van der Waals surface area contributed by atoms with Crippen LogP contribution >= 0.6 is 11.3 Å². The molecule has 0 N–H and O–H groups in total. The summed E-state index contributed by atoms with van der Waals surface area (Å²) >= 11 is 1.48. The average Bonchev–Trinajstić information content (AvgIpc) is 2.93. The van der Waals surface area contributed by atoms with Gasteiger partial charge in [-0.1, -0.05) is 18.2 Å². The number of thiophene rings is 1. The molecule has 102 valence electrons. The number of para-hydroxylation sites is 1. The number of benzene rings is 1. The van der Waals surface area contributed by atoms with Crippen LogP contribution in [0.4, 0.5) is 0 Å². The molecule has 2 aromatic heterocycles. The molecule has 0 radical (unpaired) electrons. The highest BCUT2D eigenvalue weighted by Crippen LogP contribution is 2.16. The lowest BCUT2D eigenvalue weighted by molar-refractivity contribution is 0.294. The van der Waals surface area contributed by atoms with E-state index in [-0.39, 0.29) is 5.56 Å². The molecule has 0 aliphatic rings. The molecule has 0 saturated carbocycles. The minimum atomic E-state index is -0.00960. The predicted octanol–water partition coefficient (Wildman–Crippen LogP) is 2.85. The van der Waals surface area contributed by atoms with E-state index in [4.69, 9.17) is 4.74 Å². The van der Waals surface area contributed by atoms with E-state index in [1.807, 2.05) is 42.6 Å². The van der Waals surface area contributed by atoms with E-state index in [0.717, 1.165) is 16.1 Å². The number of nitrogens with zero attached hydrogens (tertiary/aromatic N) is 2. The van der Waals surface area contributed by atoms with Crippen molar-refractivity contribution in [1.82, 2.24) is 9.55 Å². The zero-order valence-electron chi connectivity index (χ0n) is 11.1. The number of hydrogen-bond donors (Lipinski definition) is 0. The number of fused-ring (bicyclic) bond motifs is 1. The number of hydrogen-bond acceptors (Lipinski definition) is 4. The minimum absolute atomic E-state index is 0.00960. The van der Waals surface area contributed by atoms with Crippen LogP contribution < -0.4 is 10.3 Å². The van der Waals surface area contributed by atoms with Gasteiger partial charge in [0.15, 0.2) is 0 Å². The van der Waals surface area contributed by atoms with Crippen LogP contribution in [0, 0.1) is 6.92 Å². The fourth-order valence-electron chi connectivity index (χ4n) is 2.02. The second-order valence-corrected chi connectivity index (χ2v) is 5.39. The molecule has 0 unspecified atom stereocenters. The zero-order chi connectivity index (χ0) is 13.9. The fourth-order valence-corrected chi connectivity index (χ4v) is 2.75. The van der Waals surface area contributed by atoms with Gasteiger partial charge in [-0.25, -0.2) is 4.98 Å². The van der Waals surface area contributed by atoms with E-state index in [9.17, 15) is 4.79 Å². The Hall–Kier alpha value is -2.14. The highest BCUT2D eigenvalue weighted by Gasteiger charge is 2.05. The van der Waals surface area contributed by atoms with Gasteiger partial charge in [0, 0.05) is 0 Å².